The summed E-state index contributed by atoms with van der Waals surface area (Å²) in [5, 5.41) is 6.34. The number of hydrazone groups is 1. The molecule has 1 N–H and O–H groups in total. The van der Waals surface area contributed by atoms with Crippen LogP contribution in [0.4, 0.5) is 11.4 Å². The molecule has 13 heteroatoms. The number of carbonyl (C=O) groups is 1. The summed E-state index contributed by atoms with van der Waals surface area (Å²) in [7, 11) is 0.721. The lowest BCUT2D eigenvalue weighted by Crippen LogP contribution is -2.33. The molecule has 0 aliphatic carbocycles. The zero-order valence-electron chi connectivity index (χ0n) is 20.5. The van der Waals surface area contributed by atoms with Gasteiger partial charge in [0.1, 0.15) is 20.0 Å². The number of methoxy groups -OCH3 is 1. The first-order chi connectivity index (χ1) is 17.4. The third-order valence-corrected chi connectivity index (χ3v) is 9.62. The van der Waals surface area contributed by atoms with Crippen LogP contribution in [-0.4, -0.2) is 43.3 Å². The molecule has 3 aromatic rings. The smallest absolute Gasteiger partial charge is 0.294 e. The van der Waals surface area contributed by atoms with Crippen molar-refractivity contribution in [1.29, 1.82) is 0 Å². The molecule has 5 rings (SSSR count). The van der Waals surface area contributed by atoms with Crippen LogP contribution in [-0.2, 0) is 22.0 Å². The zero-order valence-corrected chi connectivity index (χ0v) is 22.9. The number of benzene rings is 2. The van der Waals surface area contributed by atoms with Crippen LogP contribution in [0.5, 0.6) is 5.75 Å². The van der Waals surface area contributed by atoms with Crippen LogP contribution in [0.25, 0.3) is 10.6 Å². The standard InChI is InChI=1S/C24H22N4O6S3/c1-12-10-15(37(31,32)33)7-8-16(12)28-21(29)19(13(2)25-28)23-27(4)22(30)20(36-23)24-26(3)17-11-14(34-5)6-9-18(17)35-24/h6-11H,1-5H3,(H,31,32,33)/b23-19+,24-20-. The highest BCUT2D eigenvalue weighted by molar-refractivity contribution is 8.08. The molecule has 10 nitrogen and oxygen atoms in total. The highest BCUT2D eigenvalue weighted by Gasteiger charge is 2.33. The number of anilines is 2. The van der Waals surface area contributed by atoms with E-state index in [4.69, 9.17) is 4.74 Å². The Hall–Kier alpha value is -3.39. The van der Waals surface area contributed by atoms with Gasteiger partial charge in [-0.3, -0.25) is 14.1 Å². The Morgan fingerprint density at radius 3 is 2.41 bits per heavy atom. The van der Waals surface area contributed by atoms with E-state index in [9.17, 15) is 22.6 Å². The second kappa shape index (κ2) is 8.87. The van der Waals surface area contributed by atoms with E-state index in [-0.39, 0.29) is 10.5 Å². The topological polar surface area (TPSA) is 122 Å². The number of thiazole rings is 1. The Balaban J connectivity index is 1.63. The van der Waals surface area contributed by atoms with E-state index in [0.29, 0.717) is 37.5 Å². The number of carbonyl (C=O) groups excluding carboxylic acids is 1. The average Bonchev–Trinajstić information content (AvgIpc) is 3.43. The molecule has 2 aromatic carbocycles. The fourth-order valence-electron chi connectivity index (χ4n) is 4.20. The molecule has 0 saturated heterocycles. The van der Waals surface area contributed by atoms with E-state index in [2.05, 4.69) is 5.10 Å². The Morgan fingerprint density at radius 2 is 1.76 bits per heavy atom. The fourth-order valence-corrected chi connectivity index (χ4v) is 7.28. The highest BCUT2D eigenvalue weighted by atomic mass is 32.2. The van der Waals surface area contributed by atoms with E-state index < -0.39 is 16.0 Å². The van der Waals surface area contributed by atoms with Gasteiger partial charge in [0.25, 0.3) is 21.6 Å². The molecule has 0 spiro atoms. The van der Waals surface area contributed by atoms with Crippen LogP contribution in [0.1, 0.15) is 12.5 Å². The van der Waals surface area contributed by atoms with Gasteiger partial charge < -0.3 is 14.2 Å². The normalized spacial score (nSPS) is 18.4. The second-order valence-corrected chi connectivity index (χ2v) is 12.0. The van der Waals surface area contributed by atoms with Crippen molar-refractivity contribution in [3.63, 3.8) is 0 Å². The summed E-state index contributed by atoms with van der Waals surface area (Å²) < 4.78 is 40.0. The maximum absolute atomic E-state index is 13.5. The van der Waals surface area contributed by atoms with Crippen LogP contribution in [0, 0.1) is 6.92 Å². The van der Waals surface area contributed by atoms with E-state index in [1.54, 1.807) is 28.0 Å². The van der Waals surface area contributed by atoms with Crippen molar-refractivity contribution in [2.45, 2.75) is 23.6 Å². The lowest BCUT2D eigenvalue weighted by Gasteiger charge is -2.15. The van der Waals surface area contributed by atoms with Crippen molar-refractivity contribution in [3.8, 4) is 5.75 Å². The van der Waals surface area contributed by atoms with Crippen molar-refractivity contribution in [3.05, 3.63) is 61.5 Å². The quantitative estimate of drug-likeness (QED) is 0.484. The van der Waals surface area contributed by atoms with E-state index >= 15 is 0 Å². The lowest BCUT2D eigenvalue weighted by atomic mass is 10.1. The number of ether oxygens (including phenoxy) is 1. The summed E-state index contributed by atoms with van der Waals surface area (Å²) in [6, 6.07) is 9.63. The monoisotopic (exact) mass is 558 g/mol. The van der Waals surface area contributed by atoms with Crippen LogP contribution < -0.4 is 29.4 Å². The molecule has 1 amide bonds. The summed E-state index contributed by atoms with van der Waals surface area (Å²) >= 11 is 2.70. The maximum atomic E-state index is 13.5. The van der Waals surface area contributed by atoms with Gasteiger partial charge in [-0.05, 0) is 49.7 Å². The number of thioether (sulfide) groups is 1. The average molecular weight is 559 g/mol. The van der Waals surface area contributed by atoms with Gasteiger partial charge >= 0.3 is 0 Å². The Morgan fingerprint density at radius 1 is 1.03 bits per heavy atom. The van der Waals surface area contributed by atoms with Crippen LogP contribution >= 0.6 is 23.1 Å². The van der Waals surface area contributed by atoms with Crippen LogP contribution in [0.3, 0.4) is 0 Å². The summed E-state index contributed by atoms with van der Waals surface area (Å²) in [5.41, 5.74) is 2.23. The molecule has 0 unspecified atom stereocenters. The van der Waals surface area contributed by atoms with E-state index in [1.165, 1.54) is 50.9 Å². The van der Waals surface area contributed by atoms with Gasteiger partial charge in [-0.2, -0.15) is 18.5 Å². The minimum atomic E-state index is -4.38. The van der Waals surface area contributed by atoms with Gasteiger partial charge in [0.15, 0.2) is 0 Å². The minimum absolute atomic E-state index is 0.227. The van der Waals surface area contributed by atoms with Crippen LogP contribution in [0.15, 0.2) is 56.1 Å². The van der Waals surface area contributed by atoms with Gasteiger partial charge in [0.2, 0.25) is 0 Å². The van der Waals surface area contributed by atoms with Crippen molar-refractivity contribution in [1.82, 2.24) is 4.57 Å². The number of aryl methyl sites for hydroxylation is 1. The molecule has 37 heavy (non-hydrogen) atoms. The summed E-state index contributed by atoms with van der Waals surface area (Å²) in [6.07, 6.45) is 0. The maximum Gasteiger partial charge on any atom is 0.294 e. The first-order valence-electron chi connectivity index (χ1n) is 10.9. The largest absolute Gasteiger partial charge is 0.497 e. The molecule has 0 atom stereocenters. The molecule has 3 heterocycles. The number of rotatable bonds is 3. The van der Waals surface area contributed by atoms with Crippen molar-refractivity contribution in [2.75, 3.05) is 24.1 Å². The molecule has 192 valence electrons. The Labute approximate surface area is 220 Å². The lowest BCUT2D eigenvalue weighted by molar-refractivity contribution is -0.112. The van der Waals surface area contributed by atoms with Gasteiger partial charge in [-0.1, -0.05) is 11.8 Å². The first kappa shape index (κ1) is 25.3. The summed E-state index contributed by atoms with van der Waals surface area (Å²) in [6.45, 7) is 3.31. The van der Waals surface area contributed by atoms with Crippen LogP contribution in [0.2, 0.25) is 0 Å². The summed E-state index contributed by atoms with van der Waals surface area (Å²) in [4.78, 5) is 29.5. The molecule has 0 radical (unpaired) electrons. The molecule has 2 aliphatic rings. The number of hydrogen-bond donors (Lipinski definition) is 1. The molecule has 0 saturated carbocycles. The third kappa shape index (κ3) is 4.07. The SMILES string of the molecule is COc1ccc2c(c1)N(C)/C(=c1/s/c(=C3/C(=O)N(c4ccc(S(=O)(=O)O)cc4C)N=C3C)n(C)c1=O)S2. The molecule has 2 aliphatic heterocycles. The van der Waals surface area contributed by atoms with Crippen molar-refractivity contribution in [2.24, 2.45) is 12.1 Å². The predicted molar refractivity (Wildman–Crippen MR) is 144 cm³/mol. The molecule has 1 aromatic heterocycles. The Bertz CT molecular complexity index is 1820. The number of nitrogens with zero attached hydrogens (tertiary/aromatic N) is 4. The van der Waals surface area contributed by atoms with Gasteiger partial charge in [-0.15, -0.1) is 11.3 Å². The van der Waals surface area contributed by atoms with Gasteiger partial charge in [-0.25, -0.2) is 0 Å². The van der Waals surface area contributed by atoms with Gasteiger partial charge in [0, 0.05) is 25.1 Å². The number of amides is 1. The zero-order chi connectivity index (χ0) is 26.8. The van der Waals surface area contributed by atoms with Crippen molar-refractivity contribution < 1.29 is 22.5 Å². The van der Waals surface area contributed by atoms with E-state index in [1.807, 2.05) is 30.1 Å². The second-order valence-electron chi connectivity index (χ2n) is 8.50. The molecular formula is C24H22N4O6S3. The van der Waals surface area contributed by atoms with Crippen molar-refractivity contribution >= 4 is 66.8 Å². The number of aromatic nitrogens is 1. The minimum Gasteiger partial charge on any atom is -0.497 e. The predicted octanol–water partition coefficient (Wildman–Crippen LogP) is 1.89. The number of hydrogen-bond acceptors (Lipinski definition) is 9. The highest BCUT2D eigenvalue weighted by Crippen LogP contribution is 2.46. The number of fused-ring (bicyclic) bond motifs is 1. The molecule has 0 bridgehead atoms. The van der Waals surface area contributed by atoms with E-state index in [0.717, 1.165) is 15.6 Å². The molecular weight excluding hydrogens is 536 g/mol. The first-order valence-corrected chi connectivity index (χ1v) is 14.0. The van der Waals surface area contributed by atoms with Gasteiger partial charge in [0.05, 0.1) is 34.7 Å². The third-order valence-electron chi connectivity index (χ3n) is 6.16. The Kier molecular flexibility index (Phi) is 6.06. The summed E-state index contributed by atoms with van der Waals surface area (Å²) in [5.74, 6) is 0.278. The fraction of sp³-hybridized carbons (Fsp3) is 0.208. The molecule has 0 fully saturated rings.